The van der Waals surface area contributed by atoms with E-state index in [4.69, 9.17) is 20.6 Å². The van der Waals surface area contributed by atoms with Crippen molar-refractivity contribution in [3.63, 3.8) is 0 Å². The zero-order valence-corrected chi connectivity index (χ0v) is 16.4. The molecule has 0 aliphatic carbocycles. The maximum Gasteiger partial charge on any atom is 0.232 e. The molecule has 0 saturated carbocycles. The van der Waals surface area contributed by atoms with Crippen LogP contribution in [0.2, 0.25) is 0 Å². The summed E-state index contributed by atoms with van der Waals surface area (Å²) < 4.78 is 35.8. The molecule has 11 nitrogen and oxygen atoms in total. The number of nitrogens with two attached hydrogens (primary N) is 2. The van der Waals surface area contributed by atoms with E-state index in [9.17, 15) is 8.42 Å². The highest BCUT2D eigenvalue weighted by Gasteiger charge is 2.10. The molecule has 2 aromatic heterocycles. The zero-order chi connectivity index (χ0) is 19.9. The maximum absolute atomic E-state index is 11.4. The summed E-state index contributed by atoms with van der Waals surface area (Å²) >= 11 is 1.27. The SMILES string of the molecule is COCCNC(=NCc1ccc(-c2csc(N=C(N)N)n2)o1)NS(C)(=O)=O. The second-order valence-corrected chi connectivity index (χ2v) is 7.86. The molecule has 2 aromatic rings. The average Bonchev–Trinajstić information content (AvgIpc) is 3.20. The topological polar surface area (TPSA) is 170 Å². The lowest BCUT2D eigenvalue weighted by molar-refractivity contribution is 0.203. The van der Waals surface area contributed by atoms with E-state index >= 15 is 0 Å². The molecule has 6 N–H and O–H groups in total. The summed E-state index contributed by atoms with van der Waals surface area (Å²) in [6.07, 6.45) is 1.04. The minimum atomic E-state index is -3.47. The number of nitrogens with zero attached hydrogens (tertiary/aromatic N) is 3. The van der Waals surface area contributed by atoms with Crippen molar-refractivity contribution in [3.05, 3.63) is 23.3 Å². The molecule has 2 rings (SSSR count). The first-order valence-electron chi connectivity index (χ1n) is 7.66. The van der Waals surface area contributed by atoms with Gasteiger partial charge in [0.1, 0.15) is 18.0 Å². The molecule has 0 aliphatic rings. The molecule has 0 fully saturated rings. The molecule has 0 bridgehead atoms. The molecule has 0 saturated heterocycles. The summed E-state index contributed by atoms with van der Waals surface area (Å²) in [7, 11) is -1.92. The Labute approximate surface area is 160 Å². The number of guanidine groups is 2. The van der Waals surface area contributed by atoms with Crippen LogP contribution in [0.3, 0.4) is 0 Å². The molecule has 0 radical (unpaired) electrons. The molecular formula is C14H21N7O4S2. The third-order valence-corrected chi connectivity index (χ3v) is 4.20. The van der Waals surface area contributed by atoms with E-state index in [2.05, 4.69) is 25.0 Å². The average molecular weight is 416 g/mol. The molecule has 0 aromatic carbocycles. The lowest BCUT2D eigenvalue weighted by atomic mass is 10.3. The minimum absolute atomic E-state index is 0.0720. The van der Waals surface area contributed by atoms with Gasteiger partial charge in [-0.1, -0.05) is 0 Å². The van der Waals surface area contributed by atoms with Crippen molar-refractivity contribution >= 4 is 38.4 Å². The number of hydrogen-bond donors (Lipinski definition) is 4. The van der Waals surface area contributed by atoms with Crippen LogP contribution in [0.4, 0.5) is 5.13 Å². The molecule has 0 unspecified atom stereocenters. The largest absolute Gasteiger partial charge is 0.457 e. The molecule has 2 heterocycles. The highest BCUT2D eigenvalue weighted by atomic mass is 32.2. The van der Waals surface area contributed by atoms with Gasteiger partial charge in [-0.25, -0.2) is 18.4 Å². The molecule has 27 heavy (non-hydrogen) atoms. The fourth-order valence-electron chi connectivity index (χ4n) is 1.87. The van der Waals surface area contributed by atoms with Crippen LogP contribution in [0.1, 0.15) is 5.76 Å². The number of sulfonamides is 1. The number of thiazole rings is 1. The van der Waals surface area contributed by atoms with Gasteiger partial charge in [0.2, 0.25) is 21.1 Å². The fourth-order valence-corrected chi connectivity index (χ4v) is 3.05. The summed E-state index contributed by atoms with van der Waals surface area (Å²) in [5.74, 6) is 1.09. The number of methoxy groups -OCH3 is 1. The van der Waals surface area contributed by atoms with E-state index in [-0.39, 0.29) is 18.5 Å². The summed E-state index contributed by atoms with van der Waals surface area (Å²) in [6, 6.07) is 3.47. The van der Waals surface area contributed by atoms with E-state index in [0.717, 1.165) is 6.26 Å². The van der Waals surface area contributed by atoms with Gasteiger partial charge < -0.3 is 25.9 Å². The number of ether oxygens (including phenoxy) is 1. The van der Waals surface area contributed by atoms with Crippen molar-refractivity contribution in [2.24, 2.45) is 21.5 Å². The van der Waals surface area contributed by atoms with E-state index in [1.165, 1.54) is 11.3 Å². The first-order chi connectivity index (χ1) is 12.8. The number of hydrogen-bond acceptors (Lipinski definition) is 8. The summed E-state index contributed by atoms with van der Waals surface area (Å²) in [4.78, 5) is 12.3. The molecule has 0 atom stereocenters. The fraction of sp³-hybridized carbons (Fsp3) is 0.357. The molecule has 0 spiro atoms. The van der Waals surface area contributed by atoms with Gasteiger partial charge in [-0.05, 0) is 12.1 Å². The van der Waals surface area contributed by atoms with Crippen molar-refractivity contribution in [3.8, 4) is 11.5 Å². The van der Waals surface area contributed by atoms with Gasteiger partial charge in [0.05, 0.1) is 12.9 Å². The molecular weight excluding hydrogens is 394 g/mol. The van der Waals surface area contributed by atoms with Crippen LogP contribution in [0.15, 0.2) is 31.9 Å². The first kappa shape index (κ1) is 20.7. The minimum Gasteiger partial charge on any atom is -0.457 e. The van der Waals surface area contributed by atoms with Crippen molar-refractivity contribution < 1.29 is 17.6 Å². The number of rotatable bonds is 8. The van der Waals surface area contributed by atoms with E-state index in [1.807, 2.05) is 0 Å². The Bertz CT molecular complexity index is 914. The van der Waals surface area contributed by atoms with Gasteiger partial charge >= 0.3 is 0 Å². The number of aliphatic imine (C=N–C) groups is 2. The molecule has 0 aliphatic heterocycles. The quantitative estimate of drug-likeness (QED) is 0.264. The van der Waals surface area contributed by atoms with Gasteiger partial charge in [-0.15, -0.1) is 11.3 Å². The van der Waals surface area contributed by atoms with Crippen LogP contribution < -0.4 is 21.5 Å². The van der Waals surface area contributed by atoms with Crippen LogP contribution in [0.25, 0.3) is 11.5 Å². The van der Waals surface area contributed by atoms with Gasteiger partial charge in [-0.3, -0.25) is 4.72 Å². The third-order valence-electron chi connectivity index (χ3n) is 2.90. The van der Waals surface area contributed by atoms with Gasteiger partial charge in [0, 0.05) is 19.0 Å². The van der Waals surface area contributed by atoms with Crippen molar-refractivity contribution in [1.82, 2.24) is 15.0 Å². The van der Waals surface area contributed by atoms with Crippen LogP contribution in [0, 0.1) is 0 Å². The van der Waals surface area contributed by atoms with Gasteiger partial charge in [0.15, 0.2) is 11.7 Å². The zero-order valence-electron chi connectivity index (χ0n) is 14.8. The molecule has 148 valence electrons. The summed E-state index contributed by atoms with van der Waals surface area (Å²) in [5, 5.41) is 5.03. The lowest BCUT2D eigenvalue weighted by Gasteiger charge is -2.10. The Hall–Kier alpha value is -2.64. The Balaban J connectivity index is 2.08. The summed E-state index contributed by atoms with van der Waals surface area (Å²) in [6.45, 7) is 0.924. The number of aromatic nitrogens is 1. The second kappa shape index (κ2) is 9.34. The van der Waals surface area contributed by atoms with Crippen LogP contribution in [-0.2, 0) is 21.3 Å². The van der Waals surface area contributed by atoms with E-state index < -0.39 is 10.0 Å². The highest BCUT2D eigenvalue weighted by Crippen LogP contribution is 2.28. The Kier molecular flexibility index (Phi) is 7.15. The lowest BCUT2D eigenvalue weighted by Crippen LogP contribution is -2.41. The Morgan fingerprint density at radius 1 is 1.41 bits per heavy atom. The highest BCUT2D eigenvalue weighted by molar-refractivity contribution is 7.89. The normalized spacial score (nSPS) is 12.0. The Morgan fingerprint density at radius 3 is 2.85 bits per heavy atom. The monoisotopic (exact) mass is 415 g/mol. The van der Waals surface area contributed by atoms with Gasteiger partial charge in [-0.2, -0.15) is 4.99 Å². The Morgan fingerprint density at radius 2 is 2.19 bits per heavy atom. The second-order valence-electron chi connectivity index (χ2n) is 5.28. The van der Waals surface area contributed by atoms with Crippen molar-refractivity contribution in [2.75, 3.05) is 26.5 Å². The van der Waals surface area contributed by atoms with E-state index in [0.29, 0.717) is 35.5 Å². The predicted molar refractivity (Wildman–Crippen MR) is 104 cm³/mol. The van der Waals surface area contributed by atoms with E-state index in [1.54, 1.807) is 24.6 Å². The number of nitrogens with one attached hydrogen (secondary N) is 2. The predicted octanol–water partition coefficient (Wildman–Crippen LogP) is -0.0508. The maximum atomic E-state index is 11.4. The smallest absolute Gasteiger partial charge is 0.232 e. The summed E-state index contributed by atoms with van der Waals surface area (Å²) in [5.41, 5.74) is 11.2. The first-order valence-corrected chi connectivity index (χ1v) is 10.4. The van der Waals surface area contributed by atoms with Crippen LogP contribution in [-0.4, -0.2) is 51.8 Å². The standard InChI is InChI=1S/C14H21N7O4S2/c1-24-6-5-17-13(21-27(2,22)23)18-7-9-3-4-11(25-9)10-8-26-14(19-10)20-12(15)16/h3-4,8H,5-7H2,1-2H3,(H2,17,18,21)(H4,15,16,19,20). The van der Waals surface area contributed by atoms with Crippen molar-refractivity contribution in [1.29, 1.82) is 0 Å². The number of furan rings is 1. The van der Waals surface area contributed by atoms with Crippen LogP contribution >= 0.6 is 11.3 Å². The van der Waals surface area contributed by atoms with Crippen LogP contribution in [0.5, 0.6) is 0 Å². The third kappa shape index (κ3) is 7.24. The molecule has 0 amide bonds. The van der Waals surface area contributed by atoms with Gasteiger partial charge in [0.25, 0.3) is 0 Å². The van der Waals surface area contributed by atoms with Crippen molar-refractivity contribution in [2.45, 2.75) is 6.54 Å². The molecule has 13 heteroatoms.